The molecule has 0 bridgehead atoms. The average Bonchev–Trinajstić information content (AvgIpc) is 2.40. The minimum Gasteiger partial charge on any atom is -0.378 e. The molecule has 1 rings (SSSR count). The third kappa shape index (κ3) is 1.85. The van der Waals surface area contributed by atoms with E-state index < -0.39 is 0 Å². The summed E-state index contributed by atoms with van der Waals surface area (Å²) in [5.41, 5.74) is 0.631. The molecule has 54 valence electrons. The van der Waals surface area contributed by atoms with Crippen molar-refractivity contribution < 1.29 is 4.74 Å². The van der Waals surface area contributed by atoms with Crippen LogP contribution in [0.4, 0.5) is 0 Å². The first kappa shape index (κ1) is 7.30. The Morgan fingerprint density at radius 3 is 3.10 bits per heavy atom. The molecule has 0 aromatic carbocycles. The summed E-state index contributed by atoms with van der Waals surface area (Å²) < 4.78 is 5.31. The van der Waals surface area contributed by atoms with Gasteiger partial charge in [-0.2, -0.15) is 5.26 Å². The molecule has 1 unspecified atom stereocenters. The lowest BCUT2D eigenvalue weighted by molar-refractivity contribution is 0.112. The molecule has 0 saturated carbocycles. The van der Waals surface area contributed by atoms with E-state index in [4.69, 9.17) is 10.00 Å². The summed E-state index contributed by atoms with van der Waals surface area (Å²) in [5.74, 6) is 0. The van der Waals surface area contributed by atoms with Crippen LogP contribution in [0.2, 0.25) is 0 Å². The highest BCUT2D eigenvalue weighted by atomic mass is 16.5. The van der Waals surface area contributed by atoms with Crippen molar-refractivity contribution >= 4 is 0 Å². The van der Waals surface area contributed by atoms with Gasteiger partial charge in [-0.15, -0.1) is 0 Å². The number of hydrogen-bond acceptors (Lipinski definition) is 2. The van der Waals surface area contributed by atoms with Crippen LogP contribution in [0.1, 0.15) is 19.3 Å². The van der Waals surface area contributed by atoms with Crippen LogP contribution in [-0.4, -0.2) is 12.7 Å². The normalized spacial score (nSPS) is 24.1. The lowest BCUT2D eigenvalue weighted by Gasteiger charge is -2.05. The van der Waals surface area contributed by atoms with Gasteiger partial charge in [0.25, 0.3) is 0 Å². The Bertz CT molecular complexity index is 163. The molecule has 0 aromatic heterocycles. The second-order valence-electron chi connectivity index (χ2n) is 2.55. The molecule has 2 nitrogen and oxygen atoms in total. The summed E-state index contributed by atoms with van der Waals surface area (Å²) in [5, 5.41) is 8.39. The van der Waals surface area contributed by atoms with Crippen molar-refractivity contribution in [3.8, 4) is 6.07 Å². The SMILES string of the molecule is C=C(C#N)CC1CCCO1. The van der Waals surface area contributed by atoms with Crippen LogP contribution < -0.4 is 0 Å². The molecule has 1 heterocycles. The minimum atomic E-state index is 0.271. The molecular formula is C8H11NO. The van der Waals surface area contributed by atoms with E-state index in [1.54, 1.807) is 0 Å². The van der Waals surface area contributed by atoms with Crippen molar-refractivity contribution in [2.45, 2.75) is 25.4 Å². The third-order valence-electron chi connectivity index (χ3n) is 1.66. The van der Waals surface area contributed by atoms with Crippen molar-refractivity contribution in [3.63, 3.8) is 0 Å². The summed E-state index contributed by atoms with van der Waals surface area (Å²) in [6.45, 7) is 4.45. The molecule has 1 fully saturated rings. The number of ether oxygens (including phenoxy) is 1. The molecule has 0 amide bonds. The van der Waals surface area contributed by atoms with Crippen LogP contribution >= 0.6 is 0 Å². The Labute approximate surface area is 61.1 Å². The monoisotopic (exact) mass is 137 g/mol. The zero-order valence-corrected chi connectivity index (χ0v) is 5.97. The molecule has 1 atom stereocenters. The van der Waals surface area contributed by atoms with Gasteiger partial charge in [0.05, 0.1) is 12.2 Å². The lowest BCUT2D eigenvalue weighted by atomic mass is 10.1. The average molecular weight is 137 g/mol. The fourth-order valence-corrected chi connectivity index (χ4v) is 1.13. The quantitative estimate of drug-likeness (QED) is 0.542. The summed E-state index contributed by atoms with van der Waals surface area (Å²) in [6, 6.07) is 2.02. The Morgan fingerprint density at radius 2 is 2.60 bits per heavy atom. The predicted octanol–water partition coefficient (Wildman–Crippen LogP) is 1.64. The fraction of sp³-hybridized carbons (Fsp3) is 0.625. The van der Waals surface area contributed by atoms with Gasteiger partial charge in [-0.3, -0.25) is 0 Å². The minimum absolute atomic E-state index is 0.271. The third-order valence-corrected chi connectivity index (χ3v) is 1.66. The number of rotatable bonds is 2. The molecular weight excluding hydrogens is 126 g/mol. The van der Waals surface area contributed by atoms with Crippen LogP contribution in [0.25, 0.3) is 0 Å². The standard InChI is InChI=1S/C8H11NO/c1-7(6-9)5-8-3-2-4-10-8/h8H,1-5H2. The van der Waals surface area contributed by atoms with E-state index in [1.807, 2.05) is 6.07 Å². The van der Waals surface area contributed by atoms with Crippen molar-refractivity contribution in [2.75, 3.05) is 6.61 Å². The van der Waals surface area contributed by atoms with Gasteiger partial charge in [-0.25, -0.2) is 0 Å². The maximum absolute atomic E-state index is 8.39. The van der Waals surface area contributed by atoms with Crippen LogP contribution in [-0.2, 0) is 4.74 Å². The van der Waals surface area contributed by atoms with Gasteiger partial charge in [0.2, 0.25) is 0 Å². The van der Waals surface area contributed by atoms with E-state index in [0.717, 1.165) is 25.9 Å². The summed E-state index contributed by atoms with van der Waals surface area (Å²) in [4.78, 5) is 0. The second kappa shape index (κ2) is 3.38. The zero-order chi connectivity index (χ0) is 7.40. The summed E-state index contributed by atoms with van der Waals surface area (Å²) >= 11 is 0. The number of nitrogens with zero attached hydrogens (tertiary/aromatic N) is 1. The molecule has 0 spiro atoms. The first-order valence-electron chi connectivity index (χ1n) is 3.52. The molecule has 0 radical (unpaired) electrons. The lowest BCUT2D eigenvalue weighted by Crippen LogP contribution is -2.04. The first-order valence-corrected chi connectivity index (χ1v) is 3.52. The van der Waals surface area contributed by atoms with Crippen LogP contribution in [0.15, 0.2) is 12.2 Å². The first-order chi connectivity index (χ1) is 4.83. The molecule has 1 saturated heterocycles. The van der Waals surface area contributed by atoms with Crippen molar-refractivity contribution in [3.05, 3.63) is 12.2 Å². The van der Waals surface area contributed by atoms with Gasteiger partial charge in [-0.1, -0.05) is 6.58 Å². The smallest absolute Gasteiger partial charge is 0.0941 e. The van der Waals surface area contributed by atoms with Gasteiger partial charge in [0.15, 0.2) is 0 Å². The van der Waals surface area contributed by atoms with Crippen molar-refractivity contribution in [1.82, 2.24) is 0 Å². The number of nitriles is 1. The molecule has 1 aliphatic heterocycles. The predicted molar refractivity (Wildman–Crippen MR) is 38.3 cm³/mol. The Hall–Kier alpha value is -0.810. The fourth-order valence-electron chi connectivity index (χ4n) is 1.13. The Kier molecular flexibility index (Phi) is 2.47. The van der Waals surface area contributed by atoms with E-state index in [1.165, 1.54) is 0 Å². The zero-order valence-electron chi connectivity index (χ0n) is 5.97. The summed E-state index contributed by atoms with van der Waals surface area (Å²) in [6.07, 6.45) is 3.20. The maximum atomic E-state index is 8.39. The van der Waals surface area contributed by atoms with Gasteiger partial charge in [-0.05, 0) is 12.8 Å². The largest absolute Gasteiger partial charge is 0.378 e. The van der Waals surface area contributed by atoms with E-state index in [-0.39, 0.29) is 6.10 Å². The van der Waals surface area contributed by atoms with Crippen LogP contribution in [0.5, 0.6) is 0 Å². The van der Waals surface area contributed by atoms with E-state index in [2.05, 4.69) is 6.58 Å². The van der Waals surface area contributed by atoms with Gasteiger partial charge in [0, 0.05) is 18.6 Å². The van der Waals surface area contributed by atoms with Gasteiger partial charge >= 0.3 is 0 Å². The van der Waals surface area contributed by atoms with Crippen molar-refractivity contribution in [2.24, 2.45) is 0 Å². The van der Waals surface area contributed by atoms with Crippen molar-refractivity contribution in [1.29, 1.82) is 5.26 Å². The molecule has 1 aliphatic rings. The molecule has 10 heavy (non-hydrogen) atoms. The Balaban J connectivity index is 2.25. The van der Waals surface area contributed by atoms with Gasteiger partial charge < -0.3 is 4.74 Å². The van der Waals surface area contributed by atoms with Crippen LogP contribution in [0.3, 0.4) is 0 Å². The highest BCUT2D eigenvalue weighted by Gasteiger charge is 2.15. The van der Waals surface area contributed by atoms with E-state index in [0.29, 0.717) is 5.57 Å². The van der Waals surface area contributed by atoms with E-state index >= 15 is 0 Å². The van der Waals surface area contributed by atoms with Crippen LogP contribution in [0, 0.1) is 11.3 Å². The summed E-state index contributed by atoms with van der Waals surface area (Å²) in [7, 11) is 0. The van der Waals surface area contributed by atoms with E-state index in [9.17, 15) is 0 Å². The van der Waals surface area contributed by atoms with Gasteiger partial charge in [0.1, 0.15) is 0 Å². The highest BCUT2D eigenvalue weighted by molar-refractivity contribution is 5.16. The maximum Gasteiger partial charge on any atom is 0.0941 e. The molecule has 0 N–H and O–H groups in total. The second-order valence-corrected chi connectivity index (χ2v) is 2.55. The molecule has 2 heteroatoms. The topological polar surface area (TPSA) is 33.0 Å². The molecule has 0 aromatic rings. The highest BCUT2D eigenvalue weighted by Crippen LogP contribution is 2.17. The Morgan fingerprint density at radius 1 is 1.80 bits per heavy atom. The molecule has 0 aliphatic carbocycles. The number of hydrogen-bond donors (Lipinski definition) is 0.